The Bertz CT molecular complexity index is 993. The maximum absolute atomic E-state index is 12.6. The van der Waals surface area contributed by atoms with Gasteiger partial charge < -0.3 is 19.6 Å². The van der Waals surface area contributed by atoms with Crippen LogP contribution in [0.1, 0.15) is 30.3 Å². The Morgan fingerprint density at radius 2 is 1.81 bits per heavy atom. The molecule has 0 spiro atoms. The minimum absolute atomic E-state index is 0.0279. The molecule has 1 atom stereocenters. The van der Waals surface area contributed by atoms with Crippen LogP contribution >= 0.6 is 0 Å². The number of amides is 1. The first-order chi connectivity index (χ1) is 14.9. The number of hydrogen-bond acceptors (Lipinski definition) is 6. The van der Waals surface area contributed by atoms with Crippen LogP contribution in [0.2, 0.25) is 0 Å². The van der Waals surface area contributed by atoms with Gasteiger partial charge in [0.25, 0.3) is 0 Å². The normalized spacial score (nSPS) is 12.4. The Morgan fingerprint density at radius 3 is 2.52 bits per heavy atom. The largest absolute Gasteiger partial charge is 0.573 e. The van der Waals surface area contributed by atoms with Crippen LogP contribution in [0.25, 0.3) is 11.5 Å². The summed E-state index contributed by atoms with van der Waals surface area (Å²) in [4.78, 5) is 12.2. The summed E-state index contributed by atoms with van der Waals surface area (Å²) >= 11 is 0. The molecule has 2 N–H and O–H groups in total. The minimum Gasteiger partial charge on any atom is -0.421 e. The first-order valence-electron chi connectivity index (χ1n) is 9.48. The molecular weight excluding hydrogens is 415 g/mol. The van der Waals surface area contributed by atoms with Gasteiger partial charge in [0.2, 0.25) is 17.7 Å². The number of para-hydroxylation sites is 1. The number of nitrogens with one attached hydrogen (secondary N) is 1. The summed E-state index contributed by atoms with van der Waals surface area (Å²) < 4.78 is 47.3. The van der Waals surface area contributed by atoms with Crippen molar-refractivity contribution in [1.82, 2.24) is 15.5 Å². The van der Waals surface area contributed by atoms with Gasteiger partial charge in [-0.25, -0.2) is 0 Å². The Balaban J connectivity index is 1.54. The van der Waals surface area contributed by atoms with Gasteiger partial charge in [-0.1, -0.05) is 36.4 Å². The molecule has 31 heavy (non-hydrogen) atoms. The molecule has 0 aliphatic carbocycles. The Morgan fingerprint density at radius 1 is 1.10 bits per heavy atom. The van der Waals surface area contributed by atoms with E-state index in [1.165, 1.54) is 18.2 Å². The molecule has 1 amide bonds. The van der Waals surface area contributed by atoms with Gasteiger partial charge in [0.05, 0.1) is 12.6 Å². The molecule has 10 heteroatoms. The van der Waals surface area contributed by atoms with E-state index >= 15 is 0 Å². The molecule has 0 fully saturated rings. The number of aliphatic hydroxyl groups excluding tert-OH is 1. The third-order valence-corrected chi connectivity index (χ3v) is 4.32. The molecule has 1 aromatic heterocycles. The summed E-state index contributed by atoms with van der Waals surface area (Å²) in [5, 5.41) is 20.0. The summed E-state index contributed by atoms with van der Waals surface area (Å²) in [5.74, 6) is -0.173. The lowest BCUT2D eigenvalue weighted by atomic mass is 10.1. The van der Waals surface area contributed by atoms with Crippen LogP contribution in [0, 0.1) is 0 Å². The van der Waals surface area contributed by atoms with Gasteiger partial charge in [-0.05, 0) is 24.6 Å². The number of rotatable bonds is 9. The van der Waals surface area contributed by atoms with Crippen LogP contribution in [0.4, 0.5) is 13.2 Å². The molecule has 3 aromatic rings. The SMILES string of the molecule is O=C(CCCc1nnc(-c2ccccc2)o1)N[C@H](CO)c1ccccc1OC(F)(F)F. The summed E-state index contributed by atoms with van der Waals surface area (Å²) in [6, 6.07) is 13.5. The van der Waals surface area contributed by atoms with Crippen molar-refractivity contribution in [3.8, 4) is 17.2 Å². The number of benzene rings is 2. The van der Waals surface area contributed by atoms with Crippen LogP contribution in [0.15, 0.2) is 59.0 Å². The fraction of sp³-hybridized carbons (Fsp3) is 0.286. The lowest BCUT2D eigenvalue weighted by Gasteiger charge is -2.20. The summed E-state index contributed by atoms with van der Waals surface area (Å²) in [6.07, 6.45) is -4.10. The van der Waals surface area contributed by atoms with Gasteiger partial charge in [-0.3, -0.25) is 4.79 Å². The molecule has 0 bridgehead atoms. The maximum Gasteiger partial charge on any atom is 0.573 e. The molecular formula is C21H20F3N3O4. The predicted molar refractivity (Wildman–Crippen MR) is 104 cm³/mol. The molecule has 0 aliphatic rings. The zero-order valence-electron chi connectivity index (χ0n) is 16.3. The van der Waals surface area contributed by atoms with Crippen molar-refractivity contribution in [2.45, 2.75) is 31.7 Å². The third-order valence-electron chi connectivity index (χ3n) is 4.32. The summed E-state index contributed by atoms with van der Waals surface area (Å²) in [7, 11) is 0. The highest BCUT2D eigenvalue weighted by Crippen LogP contribution is 2.30. The second-order valence-corrected chi connectivity index (χ2v) is 6.61. The van der Waals surface area contributed by atoms with Crippen molar-refractivity contribution in [1.29, 1.82) is 0 Å². The number of aromatic nitrogens is 2. The lowest BCUT2D eigenvalue weighted by molar-refractivity contribution is -0.275. The molecule has 0 radical (unpaired) electrons. The zero-order valence-corrected chi connectivity index (χ0v) is 16.3. The summed E-state index contributed by atoms with van der Waals surface area (Å²) in [5.41, 5.74) is 0.810. The Hall–Kier alpha value is -3.40. The minimum atomic E-state index is -4.89. The van der Waals surface area contributed by atoms with E-state index in [4.69, 9.17) is 4.42 Å². The number of nitrogens with zero attached hydrogens (tertiary/aromatic N) is 2. The fourth-order valence-electron chi connectivity index (χ4n) is 2.93. The van der Waals surface area contributed by atoms with Gasteiger partial charge >= 0.3 is 6.36 Å². The number of aryl methyl sites for hydroxylation is 1. The smallest absolute Gasteiger partial charge is 0.421 e. The highest BCUT2D eigenvalue weighted by atomic mass is 19.4. The van der Waals surface area contributed by atoms with E-state index in [0.717, 1.165) is 11.6 Å². The zero-order chi connectivity index (χ0) is 22.3. The quantitative estimate of drug-likeness (QED) is 0.531. The van der Waals surface area contributed by atoms with Crippen LogP contribution < -0.4 is 10.1 Å². The molecule has 1 heterocycles. The van der Waals surface area contributed by atoms with Crippen molar-refractivity contribution in [3.63, 3.8) is 0 Å². The molecule has 0 saturated heterocycles. The molecule has 0 unspecified atom stereocenters. The van der Waals surface area contributed by atoms with Crippen LogP contribution in [0.3, 0.4) is 0 Å². The van der Waals surface area contributed by atoms with E-state index in [-0.39, 0.29) is 12.0 Å². The van der Waals surface area contributed by atoms with E-state index < -0.39 is 30.7 Å². The van der Waals surface area contributed by atoms with E-state index in [2.05, 4.69) is 20.3 Å². The van der Waals surface area contributed by atoms with Gasteiger partial charge in [-0.2, -0.15) is 0 Å². The fourth-order valence-corrected chi connectivity index (χ4v) is 2.93. The number of carbonyl (C=O) groups is 1. The number of hydrogen-bond donors (Lipinski definition) is 2. The van der Waals surface area contributed by atoms with Crippen LogP contribution in [-0.2, 0) is 11.2 Å². The Kier molecular flexibility index (Phi) is 7.24. The highest BCUT2D eigenvalue weighted by Gasteiger charge is 2.33. The molecule has 0 saturated carbocycles. The third kappa shape index (κ3) is 6.54. The molecule has 0 aliphatic heterocycles. The van der Waals surface area contributed by atoms with E-state index in [0.29, 0.717) is 24.6 Å². The number of alkyl halides is 3. The first kappa shape index (κ1) is 22.3. The number of ether oxygens (including phenoxy) is 1. The number of carbonyl (C=O) groups excluding carboxylic acids is 1. The average Bonchev–Trinajstić information content (AvgIpc) is 3.21. The van der Waals surface area contributed by atoms with Crippen molar-refractivity contribution in [2.24, 2.45) is 0 Å². The van der Waals surface area contributed by atoms with Crippen LogP contribution in [0.5, 0.6) is 5.75 Å². The topological polar surface area (TPSA) is 97.5 Å². The van der Waals surface area contributed by atoms with Gasteiger partial charge in [-0.15, -0.1) is 23.4 Å². The van der Waals surface area contributed by atoms with Gasteiger partial charge in [0.15, 0.2) is 0 Å². The van der Waals surface area contributed by atoms with E-state index in [9.17, 15) is 23.1 Å². The second-order valence-electron chi connectivity index (χ2n) is 6.61. The van der Waals surface area contributed by atoms with Crippen molar-refractivity contribution in [2.75, 3.05) is 6.61 Å². The average molecular weight is 435 g/mol. The number of aliphatic hydroxyl groups is 1. The molecule has 7 nitrogen and oxygen atoms in total. The van der Waals surface area contributed by atoms with Gasteiger partial charge in [0, 0.05) is 24.0 Å². The predicted octanol–water partition coefficient (Wildman–Crippen LogP) is 3.81. The monoisotopic (exact) mass is 435 g/mol. The maximum atomic E-state index is 12.6. The lowest BCUT2D eigenvalue weighted by Crippen LogP contribution is -2.31. The Labute approximate surface area is 175 Å². The van der Waals surface area contributed by atoms with Crippen molar-refractivity contribution >= 4 is 5.91 Å². The molecule has 2 aromatic carbocycles. The van der Waals surface area contributed by atoms with Crippen molar-refractivity contribution < 1.29 is 32.2 Å². The molecule has 164 valence electrons. The second kappa shape index (κ2) is 10.1. The van der Waals surface area contributed by atoms with E-state index in [1.807, 2.05) is 30.3 Å². The number of halogens is 3. The molecule has 3 rings (SSSR count). The van der Waals surface area contributed by atoms with Crippen molar-refractivity contribution in [3.05, 3.63) is 66.1 Å². The van der Waals surface area contributed by atoms with Gasteiger partial charge in [0.1, 0.15) is 5.75 Å². The standard InChI is InChI=1S/C21H20F3N3O4/c22-21(23,24)31-17-10-5-4-9-15(17)16(13-28)25-18(29)11-6-12-19-26-27-20(30-19)14-7-2-1-3-8-14/h1-5,7-10,16,28H,6,11-13H2,(H,25,29)/t16-/m1/s1. The van der Waals surface area contributed by atoms with Crippen LogP contribution in [-0.4, -0.2) is 34.2 Å². The first-order valence-corrected chi connectivity index (χ1v) is 9.48. The van der Waals surface area contributed by atoms with E-state index in [1.54, 1.807) is 0 Å². The highest BCUT2D eigenvalue weighted by molar-refractivity contribution is 5.76. The summed E-state index contributed by atoms with van der Waals surface area (Å²) in [6.45, 7) is -0.589.